The summed E-state index contributed by atoms with van der Waals surface area (Å²) in [5.74, 6) is 1.54. The average Bonchev–Trinajstić information content (AvgIpc) is 3.27. The molecular formula is C24H29N5O3. The van der Waals surface area contributed by atoms with Crippen LogP contribution in [-0.4, -0.2) is 57.0 Å². The van der Waals surface area contributed by atoms with Crippen molar-refractivity contribution in [2.45, 2.75) is 39.2 Å². The van der Waals surface area contributed by atoms with Crippen LogP contribution in [0.5, 0.6) is 0 Å². The van der Waals surface area contributed by atoms with Crippen molar-refractivity contribution in [3.63, 3.8) is 0 Å². The lowest BCUT2D eigenvalue weighted by Gasteiger charge is -2.34. The van der Waals surface area contributed by atoms with Gasteiger partial charge in [-0.1, -0.05) is 30.3 Å². The van der Waals surface area contributed by atoms with Crippen LogP contribution in [-0.2, 0) is 16.0 Å². The summed E-state index contributed by atoms with van der Waals surface area (Å²) in [7, 11) is 0. The molecule has 2 N–H and O–H groups in total. The molecule has 0 bridgehead atoms. The van der Waals surface area contributed by atoms with Gasteiger partial charge in [0.2, 0.25) is 0 Å². The molecule has 0 amide bonds. The number of pyridine rings is 1. The topological polar surface area (TPSA) is 104 Å². The van der Waals surface area contributed by atoms with E-state index in [1.54, 1.807) is 13.8 Å². The molecular weight excluding hydrogens is 406 g/mol. The van der Waals surface area contributed by atoms with Gasteiger partial charge in [-0.15, -0.1) is 0 Å². The van der Waals surface area contributed by atoms with Crippen molar-refractivity contribution in [3.05, 3.63) is 60.0 Å². The summed E-state index contributed by atoms with van der Waals surface area (Å²) < 4.78 is 5.87. The third-order valence-electron chi connectivity index (χ3n) is 5.78. The van der Waals surface area contributed by atoms with Crippen molar-refractivity contribution >= 4 is 11.8 Å². The molecule has 32 heavy (non-hydrogen) atoms. The first-order chi connectivity index (χ1) is 15.4. The number of ether oxygens (including phenoxy) is 1. The smallest absolute Gasteiger partial charge is 0.311 e. The summed E-state index contributed by atoms with van der Waals surface area (Å²) in [6, 6.07) is 14.2. The maximum absolute atomic E-state index is 11.2. The first kappa shape index (κ1) is 22.0. The van der Waals surface area contributed by atoms with E-state index < -0.39 is 11.4 Å². The summed E-state index contributed by atoms with van der Waals surface area (Å²) in [5, 5.41) is 16.6. The third-order valence-corrected chi connectivity index (χ3v) is 5.78. The molecule has 1 aliphatic heterocycles. The standard InChI is InChI=1S/C24H29N5O3/c1-24(2,23(30)31)16-32-19-10-12-29(13-11-19)21-9-8-18(15-25-21)22-26-20(27-28-22)14-17-6-4-3-5-7-17/h3-9,15,19H,10-14,16H2,1-2H3,(H,30,31)(H,26,27,28). The van der Waals surface area contributed by atoms with Crippen molar-refractivity contribution in [3.8, 4) is 11.4 Å². The number of nitrogens with zero attached hydrogens (tertiary/aromatic N) is 4. The number of hydrogen-bond donors (Lipinski definition) is 2. The lowest BCUT2D eigenvalue weighted by atomic mass is 9.95. The van der Waals surface area contributed by atoms with E-state index in [1.165, 1.54) is 5.56 Å². The number of aromatic nitrogens is 4. The van der Waals surface area contributed by atoms with Gasteiger partial charge in [0, 0.05) is 31.3 Å². The zero-order chi connectivity index (χ0) is 22.6. The van der Waals surface area contributed by atoms with Crippen molar-refractivity contribution in [2.24, 2.45) is 5.41 Å². The highest BCUT2D eigenvalue weighted by molar-refractivity contribution is 5.73. The molecule has 0 aliphatic carbocycles. The first-order valence-electron chi connectivity index (χ1n) is 10.9. The van der Waals surface area contributed by atoms with Crippen LogP contribution in [0.3, 0.4) is 0 Å². The zero-order valence-corrected chi connectivity index (χ0v) is 18.5. The number of hydrogen-bond acceptors (Lipinski definition) is 6. The lowest BCUT2D eigenvalue weighted by molar-refractivity contribution is -0.152. The van der Waals surface area contributed by atoms with Crippen LogP contribution in [0.4, 0.5) is 5.82 Å². The molecule has 8 heteroatoms. The Balaban J connectivity index is 1.30. The van der Waals surface area contributed by atoms with E-state index in [1.807, 2.05) is 36.5 Å². The molecule has 1 aliphatic rings. The zero-order valence-electron chi connectivity index (χ0n) is 18.5. The van der Waals surface area contributed by atoms with Crippen LogP contribution in [0.15, 0.2) is 48.7 Å². The van der Waals surface area contributed by atoms with Gasteiger partial charge in [-0.25, -0.2) is 9.97 Å². The molecule has 4 rings (SSSR count). The van der Waals surface area contributed by atoms with Gasteiger partial charge in [-0.3, -0.25) is 9.89 Å². The van der Waals surface area contributed by atoms with Gasteiger partial charge in [0.15, 0.2) is 5.82 Å². The largest absolute Gasteiger partial charge is 0.481 e. The van der Waals surface area contributed by atoms with Gasteiger partial charge in [0.1, 0.15) is 11.6 Å². The number of carboxylic acids is 1. The van der Waals surface area contributed by atoms with E-state index in [4.69, 9.17) is 4.74 Å². The fourth-order valence-electron chi connectivity index (χ4n) is 3.64. The first-order valence-corrected chi connectivity index (χ1v) is 10.9. The van der Waals surface area contributed by atoms with Gasteiger partial charge in [-0.2, -0.15) is 5.10 Å². The van der Waals surface area contributed by atoms with Crippen LogP contribution >= 0.6 is 0 Å². The van der Waals surface area contributed by atoms with E-state index in [-0.39, 0.29) is 12.7 Å². The van der Waals surface area contributed by atoms with E-state index in [9.17, 15) is 9.90 Å². The summed E-state index contributed by atoms with van der Waals surface area (Å²) in [5.41, 5.74) is 1.19. The molecule has 2 aromatic heterocycles. The summed E-state index contributed by atoms with van der Waals surface area (Å²) in [6.45, 7) is 5.26. The van der Waals surface area contributed by atoms with Crippen molar-refractivity contribution in [2.75, 3.05) is 24.6 Å². The second-order valence-electron chi connectivity index (χ2n) is 8.86. The molecule has 168 valence electrons. The molecule has 0 saturated carbocycles. The molecule has 0 unspecified atom stereocenters. The Bertz CT molecular complexity index is 1030. The molecule has 0 spiro atoms. The summed E-state index contributed by atoms with van der Waals surface area (Å²) >= 11 is 0. The predicted molar refractivity (Wildman–Crippen MR) is 121 cm³/mol. The Morgan fingerprint density at radius 1 is 1.19 bits per heavy atom. The van der Waals surface area contributed by atoms with E-state index in [2.05, 4.69) is 37.2 Å². The monoisotopic (exact) mass is 435 g/mol. The van der Waals surface area contributed by atoms with Crippen molar-refractivity contribution in [1.82, 2.24) is 20.2 Å². The van der Waals surface area contributed by atoms with Crippen molar-refractivity contribution < 1.29 is 14.6 Å². The van der Waals surface area contributed by atoms with Crippen LogP contribution in [0.2, 0.25) is 0 Å². The van der Waals surface area contributed by atoms with E-state index in [0.29, 0.717) is 12.2 Å². The Labute approximate surface area is 187 Å². The van der Waals surface area contributed by atoms with Crippen LogP contribution in [0, 0.1) is 5.41 Å². The number of nitrogens with one attached hydrogen (secondary N) is 1. The quantitative estimate of drug-likeness (QED) is 0.557. The molecule has 0 atom stereocenters. The Morgan fingerprint density at radius 3 is 2.59 bits per heavy atom. The second kappa shape index (κ2) is 9.48. The molecule has 3 aromatic rings. The lowest BCUT2D eigenvalue weighted by Crippen LogP contribution is -2.39. The second-order valence-corrected chi connectivity index (χ2v) is 8.86. The number of H-pyrrole nitrogens is 1. The molecule has 8 nitrogen and oxygen atoms in total. The van der Waals surface area contributed by atoms with E-state index in [0.717, 1.165) is 43.1 Å². The normalized spacial score (nSPS) is 15.1. The number of piperidine rings is 1. The number of carboxylic acid groups (broad SMARTS) is 1. The average molecular weight is 436 g/mol. The van der Waals surface area contributed by atoms with Crippen LogP contribution in [0.1, 0.15) is 38.1 Å². The Hall–Kier alpha value is -3.26. The Morgan fingerprint density at radius 2 is 1.94 bits per heavy atom. The highest BCUT2D eigenvalue weighted by Crippen LogP contribution is 2.24. The minimum absolute atomic E-state index is 0.0837. The Kier molecular flexibility index (Phi) is 6.50. The molecule has 1 fully saturated rings. The number of carbonyl (C=O) groups is 1. The number of benzene rings is 1. The highest BCUT2D eigenvalue weighted by atomic mass is 16.5. The molecule has 0 radical (unpaired) electrons. The van der Waals surface area contributed by atoms with Crippen molar-refractivity contribution in [1.29, 1.82) is 0 Å². The SMILES string of the molecule is CC(C)(COC1CCN(c2ccc(-c3n[nH]c(Cc4ccccc4)n3)cn2)CC1)C(=O)O. The predicted octanol–water partition coefficient (Wildman–Crippen LogP) is 3.55. The number of anilines is 1. The fourth-order valence-corrected chi connectivity index (χ4v) is 3.64. The van der Waals surface area contributed by atoms with Gasteiger partial charge in [0.05, 0.1) is 18.1 Å². The number of rotatable bonds is 8. The highest BCUT2D eigenvalue weighted by Gasteiger charge is 2.30. The maximum Gasteiger partial charge on any atom is 0.311 e. The minimum atomic E-state index is -0.865. The van der Waals surface area contributed by atoms with Gasteiger partial charge in [-0.05, 0) is 44.4 Å². The van der Waals surface area contributed by atoms with Crippen LogP contribution in [0.25, 0.3) is 11.4 Å². The maximum atomic E-state index is 11.2. The minimum Gasteiger partial charge on any atom is -0.481 e. The third kappa shape index (κ3) is 5.31. The van der Waals surface area contributed by atoms with Crippen LogP contribution < -0.4 is 4.90 Å². The van der Waals surface area contributed by atoms with E-state index >= 15 is 0 Å². The molecule has 3 heterocycles. The fraction of sp³-hybridized carbons (Fsp3) is 0.417. The summed E-state index contributed by atoms with van der Waals surface area (Å²) in [4.78, 5) is 22.7. The summed E-state index contributed by atoms with van der Waals surface area (Å²) in [6.07, 6.45) is 4.30. The number of aliphatic carboxylic acids is 1. The van der Waals surface area contributed by atoms with Gasteiger partial charge >= 0.3 is 5.97 Å². The van der Waals surface area contributed by atoms with Gasteiger partial charge < -0.3 is 14.7 Å². The molecule has 1 aromatic carbocycles. The molecule has 1 saturated heterocycles. The number of aromatic amines is 1. The van der Waals surface area contributed by atoms with Gasteiger partial charge in [0.25, 0.3) is 0 Å².